The normalized spacial score (nSPS) is 11.4. The summed E-state index contributed by atoms with van der Waals surface area (Å²) in [6.07, 6.45) is 1.47. The van der Waals surface area contributed by atoms with Crippen LogP contribution in [0.15, 0.2) is 78.9 Å². The molecule has 22 heavy (non-hydrogen) atoms. The van der Waals surface area contributed by atoms with Crippen molar-refractivity contribution >= 4 is 11.9 Å². The Hall–Kier alpha value is -2.94. The van der Waals surface area contributed by atoms with Crippen LogP contribution in [0.25, 0.3) is 11.1 Å². The Bertz CT molecular complexity index is 778. The van der Waals surface area contributed by atoms with Gasteiger partial charge < -0.3 is 5.21 Å². The summed E-state index contributed by atoms with van der Waals surface area (Å²) >= 11 is 0. The summed E-state index contributed by atoms with van der Waals surface area (Å²) in [7, 11) is 0. The van der Waals surface area contributed by atoms with Gasteiger partial charge in [0.05, 0.1) is 0 Å². The van der Waals surface area contributed by atoms with E-state index < -0.39 is 0 Å². The highest BCUT2D eigenvalue weighted by Crippen LogP contribution is 2.19. The van der Waals surface area contributed by atoms with Crippen molar-refractivity contribution in [3.8, 4) is 11.1 Å². The summed E-state index contributed by atoms with van der Waals surface area (Å²) < 4.78 is 13.6. The molecule has 3 aromatic carbocycles. The first kappa shape index (κ1) is 14.0. The van der Waals surface area contributed by atoms with Gasteiger partial charge in [-0.1, -0.05) is 42.5 Å². The predicted molar refractivity (Wildman–Crippen MR) is 86.7 cm³/mol. The minimum Gasteiger partial charge on any atom is -0.618 e. The van der Waals surface area contributed by atoms with Crippen LogP contribution in [0.4, 0.5) is 10.1 Å². The van der Waals surface area contributed by atoms with Crippen molar-refractivity contribution in [2.24, 2.45) is 0 Å². The van der Waals surface area contributed by atoms with Gasteiger partial charge in [0.25, 0.3) is 0 Å². The second-order valence-electron chi connectivity index (χ2n) is 4.92. The first-order valence-corrected chi connectivity index (χ1v) is 6.95. The fraction of sp³-hybridized carbons (Fsp3) is 0. The van der Waals surface area contributed by atoms with E-state index in [1.165, 1.54) is 30.5 Å². The zero-order valence-electron chi connectivity index (χ0n) is 11.8. The fourth-order valence-corrected chi connectivity index (χ4v) is 2.19. The van der Waals surface area contributed by atoms with Gasteiger partial charge in [0.15, 0.2) is 6.21 Å². The standard InChI is InChI=1S/C19H14FNO/c20-18-10-12-19(13-11-18)21(22)14-15-6-8-17(9-7-15)16-4-2-1-3-5-16/h1-14H/b21-14-. The Balaban J connectivity index is 1.84. The Labute approximate surface area is 128 Å². The van der Waals surface area contributed by atoms with Gasteiger partial charge in [0, 0.05) is 17.7 Å². The van der Waals surface area contributed by atoms with Gasteiger partial charge in [0.2, 0.25) is 5.69 Å². The van der Waals surface area contributed by atoms with Gasteiger partial charge in [-0.25, -0.2) is 4.39 Å². The number of rotatable bonds is 3. The van der Waals surface area contributed by atoms with E-state index in [4.69, 9.17) is 0 Å². The van der Waals surface area contributed by atoms with Crippen LogP contribution >= 0.6 is 0 Å². The quantitative estimate of drug-likeness (QED) is 0.296. The largest absolute Gasteiger partial charge is 0.618 e. The van der Waals surface area contributed by atoms with Crippen molar-refractivity contribution in [2.45, 2.75) is 0 Å². The molecule has 3 rings (SSSR count). The molecule has 0 heterocycles. The lowest BCUT2D eigenvalue weighted by molar-refractivity contribution is -0.354. The van der Waals surface area contributed by atoms with Crippen LogP contribution in [-0.2, 0) is 0 Å². The third kappa shape index (κ3) is 3.20. The van der Waals surface area contributed by atoms with E-state index in [0.717, 1.165) is 21.4 Å². The molecule has 0 N–H and O–H groups in total. The van der Waals surface area contributed by atoms with Gasteiger partial charge in [-0.3, -0.25) is 0 Å². The maximum absolute atomic E-state index is 12.9. The third-order valence-electron chi connectivity index (χ3n) is 3.37. The van der Waals surface area contributed by atoms with Crippen molar-refractivity contribution in [1.82, 2.24) is 0 Å². The van der Waals surface area contributed by atoms with E-state index in [2.05, 4.69) is 0 Å². The summed E-state index contributed by atoms with van der Waals surface area (Å²) in [6, 6.07) is 23.2. The van der Waals surface area contributed by atoms with Crippen LogP contribution in [0.1, 0.15) is 5.56 Å². The maximum Gasteiger partial charge on any atom is 0.216 e. The van der Waals surface area contributed by atoms with E-state index in [1.807, 2.05) is 54.6 Å². The van der Waals surface area contributed by atoms with Crippen molar-refractivity contribution in [3.63, 3.8) is 0 Å². The molecular formula is C19H14FNO. The number of hydrogen-bond donors (Lipinski definition) is 0. The molecule has 0 saturated heterocycles. The topological polar surface area (TPSA) is 26.1 Å². The van der Waals surface area contributed by atoms with Crippen LogP contribution in [-0.4, -0.2) is 11.0 Å². The lowest BCUT2D eigenvalue weighted by atomic mass is 10.0. The Morgan fingerprint density at radius 3 is 1.95 bits per heavy atom. The van der Waals surface area contributed by atoms with Gasteiger partial charge in [-0.2, -0.15) is 4.74 Å². The fourth-order valence-electron chi connectivity index (χ4n) is 2.19. The highest BCUT2D eigenvalue weighted by atomic mass is 19.1. The zero-order valence-corrected chi connectivity index (χ0v) is 11.8. The number of halogens is 1. The van der Waals surface area contributed by atoms with Crippen LogP contribution in [0, 0.1) is 11.0 Å². The first-order chi connectivity index (χ1) is 10.7. The molecular weight excluding hydrogens is 277 g/mol. The number of hydrogen-bond acceptors (Lipinski definition) is 1. The van der Waals surface area contributed by atoms with Crippen LogP contribution < -0.4 is 0 Å². The molecule has 3 aromatic rings. The molecule has 0 aliphatic rings. The van der Waals surface area contributed by atoms with Gasteiger partial charge in [0.1, 0.15) is 5.82 Å². The summed E-state index contributed by atoms with van der Waals surface area (Å²) in [5, 5.41) is 12.0. The molecule has 108 valence electrons. The van der Waals surface area contributed by atoms with Crippen molar-refractivity contribution in [3.05, 3.63) is 95.5 Å². The third-order valence-corrected chi connectivity index (χ3v) is 3.37. The second-order valence-corrected chi connectivity index (χ2v) is 4.92. The van der Waals surface area contributed by atoms with E-state index in [1.54, 1.807) is 0 Å². The average molecular weight is 291 g/mol. The molecule has 0 aliphatic heterocycles. The Morgan fingerprint density at radius 2 is 1.32 bits per heavy atom. The molecule has 0 unspecified atom stereocenters. The van der Waals surface area contributed by atoms with Crippen LogP contribution in [0.2, 0.25) is 0 Å². The summed E-state index contributed by atoms with van der Waals surface area (Å²) in [4.78, 5) is 0. The smallest absolute Gasteiger partial charge is 0.216 e. The van der Waals surface area contributed by atoms with E-state index in [0.29, 0.717) is 5.69 Å². The van der Waals surface area contributed by atoms with Crippen molar-refractivity contribution in [2.75, 3.05) is 0 Å². The Kier molecular flexibility index (Phi) is 3.97. The molecule has 0 atom stereocenters. The predicted octanol–water partition coefficient (Wildman–Crippen LogP) is 4.75. The average Bonchev–Trinajstić information content (AvgIpc) is 2.57. The van der Waals surface area contributed by atoms with Gasteiger partial charge in [-0.15, -0.1) is 0 Å². The summed E-state index contributed by atoms with van der Waals surface area (Å²) in [6.45, 7) is 0. The second kappa shape index (κ2) is 6.22. The molecule has 2 nitrogen and oxygen atoms in total. The number of benzene rings is 3. The van der Waals surface area contributed by atoms with Crippen molar-refractivity contribution in [1.29, 1.82) is 0 Å². The highest BCUT2D eigenvalue weighted by Gasteiger charge is 2.03. The van der Waals surface area contributed by atoms with Gasteiger partial charge >= 0.3 is 0 Å². The van der Waals surface area contributed by atoms with E-state index in [-0.39, 0.29) is 5.82 Å². The molecule has 0 aliphatic carbocycles. The minimum atomic E-state index is -0.357. The highest BCUT2D eigenvalue weighted by molar-refractivity contribution is 5.78. The molecule has 0 fully saturated rings. The molecule has 0 spiro atoms. The summed E-state index contributed by atoms with van der Waals surface area (Å²) in [5.41, 5.74) is 3.41. The zero-order chi connectivity index (χ0) is 15.4. The molecule has 0 bridgehead atoms. The monoisotopic (exact) mass is 291 g/mol. The molecule has 0 amide bonds. The molecule has 0 aromatic heterocycles. The lowest BCUT2D eigenvalue weighted by Crippen LogP contribution is -1.98. The van der Waals surface area contributed by atoms with Gasteiger partial charge in [-0.05, 0) is 35.4 Å². The van der Waals surface area contributed by atoms with Crippen LogP contribution in [0.5, 0.6) is 0 Å². The van der Waals surface area contributed by atoms with E-state index in [9.17, 15) is 9.60 Å². The lowest BCUT2D eigenvalue weighted by Gasteiger charge is -2.04. The first-order valence-electron chi connectivity index (χ1n) is 6.95. The minimum absolute atomic E-state index is 0.357. The molecule has 0 radical (unpaired) electrons. The van der Waals surface area contributed by atoms with E-state index >= 15 is 0 Å². The Morgan fingerprint density at radius 1 is 0.727 bits per heavy atom. The number of nitrogens with zero attached hydrogens (tertiary/aromatic N) is 1. The SMILES string of the molecule is [O-]/[N+](=C\c1ccc(-c2ccccc2)cc1)c1ccc(F)cc1. The molecule has 0 saturated carbocycles. The van der Waals surface area contributed by atoms with Crippen molar-refractivity contribution < 1.29 is 9.13 Å². The van der Waals surface area contributed by atoms with Crippen LogP contribution in [0.3, 0.4) is 0 Å². The summed E-state index contributed by atoms with van der Waals surface area (Å²) in [5.74, 6) is -0.357. The maximum atomic E-state index is 12.9. The molecule has 3 heteroatoms.